The van der Waals surface area contributed by atoms with Crippen molar-refractivity contribution >= 4 is 24.0 Å². The van der Waals surface area contributed by atoms with Gasteiger partial charge in [0.25, 0.3) is 0 Å². The minimum absolute atomic E-state index is 0.0303. The van der Waals surface area contributed by atoms with Crippen molar-refractivity contribution in [2.75, 3.05) is 0 Å². The molecule has 1 aliphatic heterocycles. The number of benzene rings is 1. The van der Waals surface area contributed by atoms with Crippen molar-refractivity contribution in [1.29, 1.82) is 0 Å². The van der Waals surface area contributed by atoms with Crippen LogP contribution in [0.25, 0.3) is 0 Å². The standard InChI is InChI=1S/C46H65NO12/c1-13-33-55-32-22-29-19-20-45(29,58-27(6)48)36-38(57-39(50)28-17-15-14-16-18-28)46(53)23-31(25(4)34(43(46,10)11)26(5)37(56-33)44(32,36)12)54-40(51)35(49)30(21-24(2)3)47-41(52)59-42(7,8)9/h13-18,24,26,29-33,35-38,49,53H,1,19-23H2,2-12H3,(H,47,52)/t26?,29-,30+,31+,32+,33+,35-,36+,37+,38+,44-,45+,46-/m1/s1. The molecule has 13 nitrogen and oxygen atoms in total. The third-order valence-electron chi connectivity index (χ3n) is 14.1. The lowest BCUT2D eigenvalue weighted by Crippen LogP contribution is -2.80. The first-order valence-electron chi connectivity index (χ1n) is 21.1. The summed E-state index contributed by atoms with van der Waals surface area (Å²) in [4.78, 5) is 54.6. The number of fused-ring (bicyclic) bond motifs is 4. The normalized spacial score (nSPS) is 36.8. The molecule has 59 heavy (non-hydrogen) atoms. The number of esters is 3. The Morgan fingerprint density at radius 1 is 1.07 bits per heavy atom. The number of ether oxygens (including phenoxy) is 6. The Morgan fingerprint density at radius 2 is 1.73 bits per heavy atom. The van der Waals surface area contributed by atoms with E-state index in [-0.39, 0.29) is 30.2 Å². The molecule has 326 valence electrons. The van der Waals surface area contributed by atoms with Crippen LogP contribution in [0.1, 0.15) is 119 Å². The van der Waals surface area contributed by atoms with Crippen LogP contribution in [0.4, 0.5) is 4.79 Å². The quantitative estimate of drug-likeness (QED) is 0.131. The smallest absolute Gasteiger partial charge is 0.407 e. The van der Waals surface area contributed by atoms with Gasteiger partial charge in [-0.2, -0.15) is 0 Å². The number of amides is 1. The average Bonchev–Trinajstić information content (AvgIpc) is 3.12. The van der Waals surface area contributed by atoms with Crippen LogP contribution in [-0.2, 0) is 38.0 Å². The summed E-state index contributed by atoms with van der Waals surface area (Å²) in [5.41, 5.74) is -4.47. The zero-order valence-electron chi connectivity index (χ0n) is 36.5. The van der Waals surface area contributed by atoms with Gasteiger partial charge in [0.1, 0.15) is 29.0 Å². The summed E-state index contributed by atoms with van der Waals surface area (Å²) in [6.45, 7) is 24.0. The van der Waals surface area contributed by atoms with Gasteiger partial charge >= 0.3 is 24.0 Å². The van der Waals surface area contributed by atoms with E-state index < -0.39 is 106 Å². The van der Waals surface area contributed by atoms with Gasteiger partial charge in [0, 0.05) is 41.9 Å². The lowest BCUT2D eigenvalue weighted by atomic mass is 9.39. The van der Waals surface area contributed by atoms with Crippen molar-refractivity contribution in [3.05, 3.63) is 59.7 Å². The van der Waals surface area contributed by atoms with E-state index in [2.05, 4.69) is 11.9 Å². The van der Waals surface area contributed by atoms with Gasteiger partial charge < -0.3 is 44.0 Å². The van der Waals surface area contributed by atoms with Gasteiger partial charge in [-0.3, -0.25) is 4.79 Å². The highest BCUT2D eigenvalue weighted by atomic mass is 16.7. The fourth-order valence-corrected chi connectivity index (χ4v) is 11.5. The Labute approximate surface area is 348 Å². The number of aliphatic hydroxyl groups excluding tert-OH is 1. The van der Waals surface area contributed by atoms with Crippen LogP contribution in [0.3, 0.4) is 0 Å². The molecule has 1 aromatic rings. The Morgan fingerprint density at radius 3 is 2.29 bits per heavy atom. The van der Waals surface area contributed by atoms with Crippen LogP contribution in [0, 0.1) is 34.5 Å². The minimum Gasteiger partial charge on any atom is -0.458 e. The monoisotopic (exact) mass is 823 g/mol. The molecule has 1 aromatic carbocycles. The molecule has 1 amide bonds. The number of nitrogens with one attached hydrogen (secondary N) is 1. The molecule has 0 aromatic heterocycles. The molecule has 0 radical (unpaired) electrons. The lowest BCUT2D eigenvalue weighted by Gasteiger charge is -2.72. The molecular weight excluding hydrogens is 759 g/mol. The van der Waals surface area contributed by atoms with Gasteiger partial charge in [-0.25, -0.2) is 14.4 Å². The van der Waals surface area contributed by atoms with Gasteiger partial charge in [-0.05, 0) is 83.1 Å². The van der Waals surface area contributed by atoms with Crippen LogP contribution in [0.2, 0.25) is 0 Å². The van der Waals surface area contributed by atoms with E-state index in [4.69, 9.17) is 28.4 Å². The number of rotatable bonds is 10. The molecule has 4 fully saturated rings. The molecular formula is C46H65NO12. The minimum atomic E-state index is -1.97. The van der Waals surface area contributed by atoms with Gasteiger partial charge in [0.2, 0.25) is 0 Å². The van der Waals surface area contributed by atoms with E-state index in [0.29, 0.717) is 18.4 Å². The Kier molecular flexibility index (Phi) is 12.1. The summed E-state index contributed by atoms with van der Waals surface area (Å²) in [5.74, 6) is -3.72. The lowest BCUT2D eigenvalue weighted by molar-refractivity contribution is -0.377. The average molecular weight is 824 g/mol. The van der Waals surface area contributed by atoms with E-state index in [0.717, 1.165) is 12.0 Å². The summed E-state index contributed by atoms with van der Waals surface area (Å²) < 4.78 is 38.3. The molecule has 0 spiro atoms. The topological polar surface area (TPSA) is 176 Å². The van der Waals surface area contributed by atoms with Crippen molar-refractivity contribution in [2.45, 2.75) is 168 Å². The molecule has 6 rings (SSSR count). The van der Waals surface area contributed by atoms with Crippen LogP contribution < -0.4 is 5.32 Å². The van der Waals surface area contributed by atoms with E-state index >= 15 is 0 Å². The summed E-state index contributed by atoms with van der Waals surface area (Å²) >= 11 is 0. The van der Waals surface area contributed by atoms with Crippen LogP contribution in [0.15, 0.2) is 54.1 Å². The first kappa shape index (κ1) is 44.8. The summed E-state index contributed by atoms with van der Waals surface area (Å²) in [5, 5.41) is 28.1. The number of carbonyl (C=O) groups excluding carboxylic acids is 4. The first-order valence-corrected chi connectivity index (χ1v) is 21.1. The molecule has 4 aliphatic carbocycles. The second kappa shape index (κ2) is 15.9. The highest BCUT2D eigenvalue weighted by Gasteiger charge is 2.78. The zero-order chi connectivity index (χ0) is 43.6. The maximum atomic E-state index is 14.4. The van der Waals surface area contributed by atoms with Crippen molar-refractivity contribution < 1.29 is 57.8 Å². The molecule has 13 heteroatoms. The molecule has 1 unspecified atom stereocenters. The number of alkyl carbamates (subject to hydrolysis) is 1. The summed E-state index contributed by atoms with van der Waals surface area (Å²) in [7, 11) is 0. The highest BCUT2D eigenvalue weighted by Crippen LogP contribution is 2.70. The van der Waals surface area contributed by atoms with Gasteiger partial charge in [0.15, 0.2) is 12.4 Å². The number of carbonyl (C=O) groups is 4. The number of aliphatic hydroxyl groups is 2. The van der Waals surface area contributed by atoms with Crippen LogP contribution in [-0.4, -0.2) is 93.9 Å². The van der Waals surface area contributed by atoms with Gasteiger partial charge in [0.05, 0.1) is 23.8 Å². The molecule has 5 aliphatic rings. The number of hydrogen-bond acceptors (Lipinski definition) is 12. The van der Waals surface area contributed by atoms with Crippen molar-refractivity contribution in [1.82, 2.24) is 5.32 Å². The predicted octanol–water partition coefficient (Wildman–Crippen LogP) is 6.59. The van der Waals surface area contributed by atoms with E-state index in [1.165, 1.54) is 6.92 Å². The van der Waals surface area contributed by atoms with Crippen LogP contribution >= 0.6 is 0 Å². The van der Waals surface area contributed by atoms with Crippen LogP contribution in [0.5, 0.6) is 0 Å². The molecule has 3 N–H and O–H groups in total. The highest BCUT2D eigenvalue weighted by molar-refractivity contribution is 5.89. The second-order valence-corrected chi connectivity index (χ2v) is 19.7. The van der Waals surface area contributed by atoms with Crippen molar-refractivity contribution in [3.63, 3.8) is 0 Å². The third-order valence-corrected chi connectivity index (χ3v) is 14.1. The maximum Gasteiger partial charge on any atom is 0.407 e. The molecule has 3 saturated carbocycles. The molecule has 13 atom stereocenters. The molecule has 1 saturated heterocycles. The zero-order valence-corrected chi connectivity index (χ0v) is 36.5. The third kappa shape index (κ3) is 7.74. The Balaban J connectivity index is 1.51. The maximum absolute atomic E-state index is 14.4. The molecule has 2 bridgehead atoms. The Hall–Kier alpha value is -3.78. The Bertz CT molecular complexity index is 1840. The SMILES string of the molecule is C=C[C@H]1O[C@H]2C[C@H]3CC[C@@]3(OC(C)=O)[C@H]3[C@H](OC(=O)c4ccccc4)[C@]4(O)C[C@H](OC(=O)[C@H](O)[C@H](CC(C)C)NC(=O)OC(C)(C)C)C(C)=C(C(C)[C@H](O1)[C@]23C)C4(C)C. The van der Waals surface area contributed by atoms with E-state index in [1.807, 2.05) is 48.5 Å². The fourth-order valence-electron chi connectivity index (χ4n) is 11.5. The van der Waals surface area contributed by atoms with Crippen molar-refractivity contribution in [2.24, 2.45) is 34.5 Å². The molecule has 1 heterocycles. The second-order valence-electron chi connectivity index (χ2n) is 19.7. The van der Waals surface area contributed by atoms with E-state index in [9.17, 15) is 29.4 Å². The summed E-state index contributed by atoms with van der Waals surface area (Å²) in [6, 6.07) is 7.44. The predicted molar refractivity (Wildman–Crippen MR) is 217 cm³/mol. The fraction of sp³-hybridized carbons (Fsp3) is 0.696. The van der Waals surface area contributed by atoms with Gasteiger partial charge in [-0.15, -0.1) is 0 Å². The number of hydrogen-bond donors (Lipinski definition) is 3. The summed E-state index contributed by atoms with van der Waals surface area (Å²) in [6.07, 6.45) is -3.63. The van der Waals surface area contributed by atoms with E-state index in [1.54, 1.807) is 57.2 Å². The van der Waals surface area contributed by atoms with Crippen molar-refractivity contribution in [3.8, 4) is 0 Å². The largest absolute Gasteiger partial charge is 0.458 e. The first-order chi connectivity index (χ1) is 27.4. The van der Waals surface area contributed by atoms with Gasteiger partial charge in [-0.1, -0.05) is 71.9 Å².